The molecular formula is C10H19N2O2-. The largest absolute Gasteiger partial charge is 0.822 e. The first-order chi connectivity index (χ1) is 6.27. The summed E-state index contributed by atoms with van der Waals surface area (Å²) in [5, 5.41) is 11.9. The van der Waals surface area contributed by atoms with Crippen LogP contribution in [0.1, 0.15) is 34.1 Å². The zero-order valence-electron chi connectivity index (χ0n) is 9.28. The fraction of sp³-hybridized carbons (Fsp3) is 0.900. The molecule has 82 valence electrons. The number of rotatable bonds is 2. The van der Waals surface area contributed by atoms with E-state index in [1.807, 2.05) is 27.7 Å². The van der Waals surface area contributed by atoms with Crippen LogP contribution in [0.5, 0.6) is 0 Å². The van der Waals surface area contributed by atoms with Gasteiger partial charge in [-0.25, -0.2) is 0 Å². The Morgan fingerprint density at radius 3 is 2.21 bits per heavy atom. The van der Waals surface area contributed by atoms with Crippen molar-refractivity contribution in [1.82, 2.24) is 4.90 Å². The second-order valence-corrected chi connectivity index (χ2v) is 4.70. The van der Waals surface area contributed by atoms with E-state index in [0.29, 0.717) is 0 Å². The Balaban J connectivity index is 2.92. The molecule has 14 heavy (non-hydrogen) atoms. The van der Waals surface area contributed by atoms with Crippen molar-refractivity contribution in [1.29, 1.82) is 0 Å². The highest BCUT2D eigenvalue weighted by atomic mass is 16.3. The standard InChI is InChI=1S/C10H19N2O2/c1-6(2)8-5-10(11,14)12(7(3)4)9(8)13/h6-8H,5,11H2,1-4H3/q-1. The first kappa shape index (κ1) is 11.5. The van der Waals surface area contributed by atoms with Gasteiger partial charge in [0.25, 0.3) is 0 Å². The van der Waals surface area contributed by atoms with Crippen LogP contribution in [0.3, 0.4) is 0 Å². The van der Waals surface area contributed by atoms with E-state index in [4.69, 9.17) is 5.73 Å². The number of carbonyl (C=O) groups is 1. The van der Waals surface area contributed by atoms with Gasteiger partial charge >= 0.3 is 0 Å². The van der Waals surface area contributed by atoms with Gasteiger partial charge in [-0.3, -0.25) is 4.79 Å². The van der Waals surface area contributed by atoms with Gasteiger partial charge in [0.2, 0.25) is 5.91 Å². The van der Waals surface area contributed by atoms with Crippen LogP contribution in [-0.4, -0.2) is 22.7 Å². The molecule has 1 aliphatic rings. The van der Waals surface area contributed by atoms with Gasteiger partial charge in [0.1, 0.15) is 0 Å². The van der Waals surface area contributed by atoms with Crippen LogP contribution in [0.15, 0.2) is 0 Å². The third kappa shape index (κ3) is 1.77. The summed E-state index contributed by atoms with van der Waals surface area (Å²) in [5.74, 6) is -1.82. The van der Waals surface area contributed by atoms with E-state index in [9.17, 15) is 9.90 Å². The number of nitrogens with two attached hydrogens (primary N) is 1. The molecule has 0 aromatic rings. The van der Waals surface area contributed by atoms with Gasteiger partial charge in [-0.15, -0.1) is 0 Å². The molecule has 1 heterocycles. The lowest BCUT2D eigenvalue weighted by Crippen LogP contribution is -2.64. The predicted molar refractivity (Wildman–Crippen MR) is 51.8 cm³/mol. The van der Waals surface area contributed by atoms with Gasteiger partial charge in [-0.05, 0) is 26.2 Å². The van der Waals surface area contributed by atoms with Gasteiger partial charge in [-0.1, -0.05) is 13.8 Å². The third-order valence-corrected chi connectivity index (χ3v) is 2.80. The molecule has 0 aliphatic carbocycles. The maximum absolute atomic E-state index is 11.9. The number of carbonyl (C=O) groups excluding carboxylic acids is 1. The van der Waals surface area contributed by atoms with Crippen LogP contribution >= 0.6 is 0 Å². The van der Waals surface area contributed by atoms with Crippen LogP contribution in [0.2, 0.25) is 0 Å². The lowest BCUT2D eigenvalue weighted by atomic mass is 9.93. The first-order valence-corrected chi connectivity index (χ1v) is 5.10. The molecule has 1 fully saturated rings. The first-order valence-electron chi connectivity index (χ1n) is 5.10. The summed E-state index contributed by atoms with van der Waals surface area (Å²) in [4.78, 5) is 13.1. The molecule has 0 aromatic heterocycles. The molecule has 4 nitrogen and oxygen atoms in total. The average molecular weight is 199 g/mol. The van der Waals surface area contributed by atoms with E-state index < -0.39 is 5.85 Å². The van der Waals surface area contributed by atoms with E-state index in [0.717, 1.165) is 0 Å². The molecule has 1 aliphatic heterocycles. The molecule has 1 rings (SSSR count). The van der Waals surface area contributed by atoms with Crippen LogP contribution < -0.4 is 10.8 Å². The smallest absolute Gasteiger partial charge is 0.226 e. The van der Waals surface area contributed by atoms with E-state index in [1.165, 1.54) is 4.90 Å². The molecule has 0 spiro atoms. The number of likely N-dealkylation sites (tertiary alicyclic amines) is 1. The maximum atomic E-state index is 11.9. The van der Waals surface area contributed by atoms with Gasteiger partial charge < -0.3 is 15.7 Å². The molecule has 0 bridgehead atoms. The fourth-order valence-corrected chi connectivity index (χ4v) is 2.08. The van der Waals surface area contributed by atoms with Gasteiger partial charge in [0.15, 0.2) is 0 Å². The van der Waals surface area contributed by atoms with Gasteiger partial charge in [0.05, 0.1) is 0 Å². The highest BCUT2D eigenvalue weighted by molar-refractivity contribution is 5.82. The van der Waals surface area contributed by atoms with Crippen LogP contribution in [0.25, 0.3) is 0 Å². The summed E-state index contributed by atoms with van der Waals surface area (Å²) in [7, 11) is 0. The Morgan fingerprint density at radius 2 is 2.00 bits per heavy atom. The van der Waals surface area contributed by atoms with E-state index in [1.54, 1.807) is 0 Å². The van der Waals surface area contributed by atoms with Crippen LogP contribution in [0.4, 0.5) is 0 Å². The summed E-state index contributed by atoms with van der Waals surface area (Å²) >= 11 is 0. The quantitative estimate of drug-likeness (QED) is 0.630. The second kappa shape index (κ2) is 3.51. The van der Waals surface area contributed by atoms with Crippen molar-refractivity contribution in [3.63, 3.8) is 0 Å². The zero-order valence-corrected chi connectivity index (χ0v) is 9.28. The van der Waals surface area contributed by atoms with E-state index in [2.05, 4.69) is 0 Å². The molecule has 1 saturated heterocycles. The van der Waals surface area contributed by atoms with E-state index in [-0.39, 0.29) is 30.2 Å². The minimum Gasteiger partial charge on any atom is -0.822 e. The molecule has 4 heteroatoms. The van der Waals surface area contributed by atoms with E-state index >= 15 is 0 Å². The Kier molecular flexibility index (Phi) is 2.88. The van der Waals surface area contributed by atoms with Crippen molar-refractivity contribution in [3.05, 3.63) is 0 Å². The Labute approximate surface area is 85.1 Å². The van der Waals surface area contributed by atoms with Gasteiger partial charge in [-0.2, -0.15) is 0 Å². The molecule has 0 saturated carbocycles. The van der Waals surface area contributed by atoms with Crippen LogP contribution in [0, 0.1) is 11.8 Å². The summed E-state index contributed by atoms with van der Waals surface area (Å²) in [5.41, 5.74) is 5.59. The number of hydrogen-bond donors (Lipinski definition) is 1. The van der Waals surface area contributed by atoms with Crippen molar-refractivity contribution in [2.45, 2.75) is 46.0 Å². The lowest BCUT2D eigenvalue weighted by Gasteiger charge is -2.43. The minimum atomic E-state index is -1.71. The Bertz CT molecular complexity index is 236. The molecule has 1 amide bonds. The highest BCUT2D eigenvalue weighted by Gasteiger charge is 2.43. The normalized spacial score (nSPS) is 33.6. The van der Waals surface area contributed by atoms with Crippen molar-refractivity contribution in [3.8, 4) is 0 Å². The van der Waals surface area contributed by atoms with Gasteiger partial charge in [0, 0.05) is 17.8 Å². The summed E-state index contributed by atoms with van der Waals surface area (Å²) in [6.07, 6.45) is 0.224. The number of nitrogens with zero attached hydrogens (tertiary/aromatic N) is 1. The van der Waals surface area contributed by atoms with Crippen molar-refractivity contribution < 1.29 is 9.90 Å². The Morgan fingerprint density at radius 1 is 1.50 bits per heavy atom. The molecule has 2 unspecified atom stereocenters. The lowest BCUT2D eigenvalue weighted by molar-refractivity contribution is -0.511. The molecule has 0 radical (unpaired) electrons. The molecule has 2 N–H and O–H groups in total. The number of amides is 1. The highest BCUT2D eigenvalue weighted by Crippen LogP contribution is 2.32. The monoisotopic (exact) mass is 199 g/mol. The summed E-state index contributed by atoms with van der Waals surface area (Å²) in [6.45, 7) is 7.53. The van der Waals surface area contributed by atoms with Crippen molar-refractivity contribution >= 4 is 5.91 Å². The second-order valence-electron chi connectivity index (χ2n) is 4.70. The summed E-state index contributed by atoms with van der Waals surface area (Å²) < 4.78 is 0. The topological polar surface area (TPSA) is 69.4 Å². The Hall–Kier alpha value is -0.610. The van der Waals surface area contributed by atoms with Crippen molar-refractivity contribution in [2.24, 2.45) is 17.6 Å². The average Bonchev–Trinajstić information content (AvgIpc) is 2.20. The molecule has 0 aromatic carbocycles. The SMILES string of the molecule is CC(C)C1CC(N)([O-])N(C(C)C)C1=O. The predicted octanol–water partition coefficient (Wildman–Crippen LogP) is -0.128. The van der Waals surface area contributed by atoms with Crippen molar-refractivity contribution in [2.75, 3.05) is 0 Å². The number of hydrogen-bond acceptors (Lipinski definition) is 3. The fourth-order valence-electron chi connectivity index (χ4n) is 2.08. The summed E-state index contributed by atoms with van der Waals surface area (Å²) in [6, 6.07) is -0.117. The molecule has 2 atom stereocenters. The maximum Gasteiger partial charge on any atom is 0.226 e. The minimum absolute atomic E-state index is 0.0903. The molecular weight excluding hydrogens is 180 g/mol. The zero-order chi connectivity index (χ0) is 11.1. The third-order valence-electron chi connectivity index (χ3n) is 2.80. The van der Waals surface area contributed by atoms with Crippen LogP contribution in [-0.2, 0) is 4.79 Å².